The smallest absolute Gasteiger partial charge is 0.259 e. The van der Waals surface area contributed by atoms with Crippen molar-refractivity contribution >= 4 is 0 Å². The van der Waals surface area contributed by atoms with Gasteiger partial charge in [-0.25, -0.2) is 0 Å². The monoisotopic (exact) mass is 360 g/mol. The van der Waals surface area contributed by atoms with E-state index in [9.17, 15) is 10.1 Å². The highest BCUT2D eigenvalue weighted by Crippen LogP contribution is 2.40. The lowest BCUT2D eigenvalue weighted by atomic mass is 9.85. The van der Waals surface area contributed by atoms with E-state index in [0.29, 0.717) is 28.3 Å². The molecule has 0 saturated carbocycles. The van der Waals surface area contributed by atoms with Gasteiger partial charge in [-0.05, 0) is 30.7 Å². The molecule has 3 aromatic rings. The van der Waals surface area contributed by atoms with Gasteiger partial charge in [0, 0.05) is 24.2 Å². The number of allylic oxidation sites excluding steroid dienone is 1. The molecule has 3 aromatic heterocycles. The number of hydrogen-bond donors (Lipinski definition) is 1. The maximum Gasteiger partial charge on any atom is 0.259 e. The summed E-state index contributed by atoms with van der Waals surface area (Å²) in [4.78, 5) is 17.5. The van der Waals surface area contributed by atoms with Crippen molar-refractivity contribution in [2.45, 2.75) is 19.4 Å². The second-order valence-corrected chi connectivity index (χ2v) is 6.25. The van der Waals surface area contributed by atoms with Gasteiger partial charge >= 0.3 is 0 Å². The molecule has 0 spiro atoms. The van der Waals surface area contributed by atoms with Crippen molar-refractivity contribution in [3.63, 3.8) is 0 Å². The number of nitrogens with two attached hydrogens (primary N) is 1. The molecule has 27 heavy (non-hydrogen) atoms. The number of ether oxygens (including phenoxy) is 1. The van der Waals surface area contributed by atoms with E-state index < -0.39 is 5.92 Å². The van der Waals surface area contributed by atoms with E-state index in [0.717, 1.165) is 0 Å². The molecule has 0 aromatic carbocycles. The number of pyridine rings is 2. The van der Waals surface area contributed by atoms with Crippen molar-refractivity contribution in [2.24, 2.45) is 5.73 Å². The lowest BCUT2D eigenvalue weighted by molar-refractivity contribution is 0.387. The predicted octanol–water partition coefficient (Wildman–Crippen LogP) is 2.41. The zero-order valence-corrected chi connectivity index (χ0v) is 14.5. The SMILES string of the molecule is Cc1cc2c(c(=O)n1Cc1ccco1)[C@@H](c1cccnc1)C(C#N)=C(N)O2. The molecule has 2 N–H and O–H groups in total. The van der Waals surface area contributed by atoms with Gasteiger partial charge in [-0.1, -0.05) is 6.07 Å². The average molecular weight is 360 g/mol. The van der Waals surface area contributed by atoms with Crippen molar-refractivity contribution in [1.82, 2.24) is 9.55 Å². The molecular formula is C20H16N4O3. The molecule has 0 saturated heterocycles. The first-order valence-corrected chi connectivity index (χ1v) is 8.34. The summed E-state index contributed by atoms with van der Waals surface area (Å²) in [5, 5.41) is 9.63. The van der Waals surface area contributed by atoms with Crippen LogP contribution in [0.2, 0.25) is 0 Å². The minimum absolute atomic E-state index is 0.00133. The van der Waals surface area contributed by atoms with E-state index in [1.165, 1.54) is 0 Å². The van der Waals surface area contributed by atoms with Crippen LogP contribution in [0.5, 0.6) is 5.75 Å². The molecule has 0 fully saturated rings. The van der Waals surface area contributed by atoms with Crippen LogP contribution in [0.15, 0.2) is 69.7 Å². The Kier molecular flexibility index (Phi) is 4.01. The lowest BCUT2D eigenvalue weighted by Crippen LogP contribution is -2.33. The van der Waals surface area contributed by atoms with Crippen molar-refractivity contribution in [1.29, 1.82) is 5.26 Å². The Balaban J connectivity index is 1.95. The quantitative estimate of drug-likeness (QED) is 0.768. The summed E-state index contributed by atoms with van der Waals surface area (Å²) in [7, 11) is 0. The maximum atomic E-state index is 13.4. The number of fused-ring (bicyclic) bond motifs is 1. The summed E-state index contributed by atoms with van der Waals surface area (Å²) in [6, 6.07) is 11.0. The third-order valence-corrected chi connectivity index (χ3v) is 4.60. The molecule has 0 radical (unpaired) electrons. The Labute approximate surface area is 154 Å². The Hall–Kier alpha value is -3.79. The zero-order valence-electron chi connectivity index (χ0n) is 14.5. The highest BCUT2D eigenvalue weighted by Gasteiger charge is 2.34. The number of nitriles is 1. The Bertz CT molecular complexity index is 1120. The summed E-state index contributed by atoms with van der Waals surface area (Å²) < 4.78 is 12.6. The minimum atomic E-state index is -0.636. The molecule has 4 heterocycles. The fraction of sp³-hybridized carbons (Fsp3) is 0.150. The fourth-order valence-electron chi connectivity index (χ4n) is 3.32. The summed E-state index contributed by atoms with van der Waals surface area (Å²) in [5.41, 5.74) is 7.68. The first kappa shape index (κ1) is 16.7. The lowest BCUT2D eigenvalue weighted by Gasteiger charge is -2.27. The van der Waals surface area contributed by atoms with Gasteiger partial charge in [0.1, 0.15) is 23.2 Å². The fourth-order valence-corrected chi connectivity index (χ4v) is 3.32. The normalized spacial score (nSPS) is 15.8. The van der Waals surface area contributed by atoms with Crippen LogP contribution < -0.4 is 16.0 Å². The minimum Gasteiger partial charge on any atom is -0.467 e. The summed E-state index contributed by atoms with van der Waals surface area (Å²) >= 11 is 0. The van der Waals surface area contributed by atoms with E-state index in [1.807, 2.05) is 13.0 Å². The number of nitrogens with zero attached hydrogens (tertiary/aromatic N) is 3. The number of aryl methyl sites for hydroxylation is 1. The molecule has 1 atom stereocenters. The third kappa shape index (κ3) is 2.77. The van der Waals surface area contributed by atoms with Crippen LogP contribution in [0.25, 0.3) is 0 Å². The van der Waals surface area contributed by atoms with Crippen molar-refractivity contribution in [2.75, 3.05) is 0 Å². The van der Waals surface area contributed by atoms with Crippen LogP contribution in [0.3, 0.4) is 0 Å². The summed E-state index contributed by atoms with van der Waals surface area (Å²) in [6.07, 6.45) is 4.82. The molecule has 0 unspecified atom stereocenters. The molecule has 0 amide bonds. The van der Waals surface area contributed by atoms with Gasteiger partial charge < -0.3 is 19.5 Å². The Morgan fingerprint density at radius 1 is 1.37 bits per heavy atom. The second-order valence-electron chi connectivity index (χ2n) is 6.25. The number of rotatable bonds is 3. The van der Waals surface area contributed by atoms with Gasteiger partial charge in [-0.15, -0.1) is 0 Å². The first-order chi connectivity index (χ1) is 13.1. The van der Waals surface area contributed by atoms with Crippen LogP contribution in [0.4, 0.5) is 0 Å². The van der Waals surface area contributed by atoms with E-state index in [-0.39, 0.29) is 23.6 Å². The van der Waals surface area contributed by atoms with Crippen LogP contribution in [0.1, 0.15) is 28.5 Å². The predicted molar refractivity (Wildman–Crippen MR) is 96.8 cm³/mol. The largest absolute Gasteiger partial charge is 0.467 e. The van der Waals surface area contributed by atoms with Gasteiger partial charge in [-0.3, -0.25) is 9.78 Å². The van der Waals surface area contributed by atoms with Gasteiger partial charge in [0.25, 0.3) is 5.56 Å². The Morgan fingerprint density at radius 3 is 2.89 bits per heavy atom. The average Bonchev–Trinajstić information content (AvgIpc) is 3.18. The van der Waals surface area contributed by atoms with E-state index in [1.54, 1.807) is 47.5 Å². The molecular weight excluding hydrogens is 344 g/mol. The zero-order chi connectivity index (χ0) is 19.0. The van der Waals surface area contributed by atoms with Crippen molar-refractivity contribution < 1.29 is 9.15 Å². The summed E-state index contributed by atoms with van der Waals surface area (Å²) in [6.45, 7) is 2.10. The molecule has 0 aliphatic carbocycles. The Morgan fingerprint density at radius 2 is 2.22 bits per heavy atom. The van der Waals surface area contributed by atoms with Gasteiger partial charge in [0.05, 0.1) is 24.3 Å². The van der Waals surface area contributed by atoms with Crippen molar-refractivity contribution in [3.05, 3.63) is 93.4 Å². The number of furan rings is 1. The molecule has 7 heteroatoms. The molecule has 7 nitrogen and oxygen atoms in total. The second kappa shape index (κ2) is 6.50. The molecule has 134 valence electrons. The highest BCUT2D eigenvalue weighted by atomic mass is 16.5. The van der Waals surface area contributed by atoms with Crippen molar-refractivity contribution in [3.8, 4) is 11.8 Å². The molecule has 0 bridgehead atoms. The molecule has 1 aliphatic rings. The first-order valence-electron chi connectivity index (χ1n) is 8.34. The highest BCUT2D eigenvalue weighted by molar-refractivity contribution is 5.54. The van der Waals surface area contributed by atoms with Crippen LogP contribution in [0, 0.1) is 18.3 Å². The van der Waals surface area contributed by atoms with E-state index in [2.05, 4.69) is 11.1 Å². The third-order valence-electron chi connectivity index (χ3n) is 4.60. The van der Waals surface area contributed by atoms with Crippen LogP contribution in [-0.4, -0.2) is 9.55 Å². The van der Waals surface area contributed by atoms with E-state index >= 15 is 0 Å². The van der Waals surface area contributed by atoms with Gasteiger partial charge in [-0.2, -0.15) is 5.26 Å². The van der Waals surface area contributed by atoms with E-state index in [4.69, 9.17) is 14.9 Å². The topological polar surface area (TPSA) is 107 Å². The van der Waals surface area contributed by atoms with Gasteiger partial charge in [0.2, 0.25) is 5.88 Å². The summed E-state index contributed by atoms with van der Waals surface area (Å²) in [5.74, 6) is 0.383. The van der Waals surface area contributed by atoms with Crippen LogP contribution >= 0.6 is 0 Å². The van der Waals surface area contributed by atoms with Gasteiger partial charge in [0.15, 0.2) is 0 Å². The number of hydrogen-bond acceptors (Lipinski definition) is 6. The molecule has 4 rings (SSSR count). The standard InChI is InChI=1S/C20H16N4O3/c1-12-8-16-18(20(25)24(12)11-14-5-3-7-26-14)17(13-4-2-6-23-10-13)15(9-21)19(22)27-16/h2-8,10,17H,11,22H2,1H3/t17-/m0/s1. The van der Waals surface area contributed by atoms with Crippen LogP contribution in [-0.2, 0) is 6.54 Å². The number of aromatic nitrogens is 2. The molecule has 1 aliphatic heterocycles. The maximum absolute atomic E-state index is 13.4.